The van der Waals surface area contributed by atoms with Crippen molar-refractivity contribution in [3.63, 3.8) is 0 Å². The number of thiocarbonyl (C=S) groups is 1. The number of rotatable bonds is 6. The topological polar surface area (TPSA) is 71.0 Å². The van der Waals surface area contributed by atoms with E-state index < -0.39 is 12.0 Å². The van der Waals surface area contributed by atoms with Gasteiger partial charge in [0, 0.05) is 5.56 Å². The molecule has 0 fully saturated rings. The van der Waals surface area contributed by atoms with E-state index in [1.807, 2.05) is 37.3 Å². The first-order chi connectivity index (χ1) is 13.6. The fraction of sp³-hybridized carbons (Fsp3) is 0.238. The van der Waals surface area contributed by atoms with Gasteiger partial charge in [0.05, 0.1) is 24.9 Å². The fourth-order valence-corrected chi connectivity index (χ4v) is 3.37. The number of esters is 1. The van der Waals surface area contributed by atoms with Gasteiger partial charge in [0.2, 0.25) is 5.88 Å². The molecule has 2 aromatic carbocycles. The molecule has 2 aromatic rings. The van der Waals surface area contributed by atoms with Crippen LogP contribution in [0.2, 0.25) is 0 Å². The Kier molecular flexibility index (Phi) is 6.16. The summed E-state index contributed by atoms with van der Waals surface area (Å²) in [6.07, 6.45) is 0. The van der Waals surface area contributed by atoms with Crippen molar-refractivity contribution < 1.29 is 19.4 Å². The van der Waals surface area contributed by atoms with E-state index in [4.69, 9.17) is 21.7 Å². The largest absolute Gasteiger partial charge is 0.508 e. The van der Waals surface area contributed by atoms with Crippen LogP contribution in [0.1, 0.15) is 25.5 Å². The molecule has 28 heavy (non-hydrogen) atoms. The third kappa shape index (κ3) is 3.80. The highest BCUT2D eigenvalue weighted by Gasteiger charge is 2.39. The number of carbonyl (C=O) groups excluding carboxylic acids is 1. The number of phenols is 1. The third-order valence-corrected chi connectivity index (χ3v) is 4.53. The number of nitrogens with zero attached hydrogens (tertiary/aromatic N) is 1. The number of hydrogen-bond acceptors (Lipinski definition) is 5. The van der Waals surface area contributed by atoms with Gasteiger partial charge in [-0.2, -0.15) is 0 Å². The monoisotopic (exact) mass is 398 g/mol. The number of hydrogen-bond donors (Lipinski definition) is 2. The van der Waals surface area contributed by atoms with Crippen molar-refractivity contribution in [2.24, 2.45) is 0 Å². The smallest absolute Gasteiger partial charge is 0.341 e. The van der Waals surface area contributed by atoms with Crippen molar-refractivity contribution in [2.45, 2.75) is 19.9 Å². The minimum Gasteiger partial charge on any atom is -0.508 e. The lowest BCUT2D eigenvalue weighted by Crippen LogP contribution is -2.49. The van der Waals surface area contributed by atoms with E-state index >= 15 is 0 Å². The number of para-hydroxylation sites is 2. The number of anilines is 1. The second kappa shape index (κ2) is 8.75. The maximum atomic E-state index is 12.9. The predicted octanol–water partition coefficient (Wildman–Crippen LogP) is 3.64. The van der Waals surface area contributed by atoms with Gasteiger partial charge in [0.15, 0.2) is 5.11 Å². The summed E-state index contributed by atoms with van der Waals surface area (Å²) in [7, 11) is 0. The predicted molar refractivity (Wildman–Crippen MR) is 111 cm³/mol. The van der Waals surface area contributed by atoms with Crippen LogP contribution in [0.3, 0.4) is 0 Å². The number of aromatic hydroxyl groups is 1. The molecule has 0 aliphatic carbocycles. The van der Waals surface area contributed by atoms with E-state index in [0.29, 0.717) is 23.2 Å². The van der Waals surface area contributed by atoms with Crippen LogP contribution in [-0.4, -0.2) is 29.4 Å². The van der Waals surface area contributed by atoms with Gasteiger partial charge in [-0.05, 0) is 44.3 Å². The van der Waals surface area contributed by atoms with Crippen molar-refractivity contribution in [3.8, 4) is 5.75 Å². The zero-order valence-corrected chi connectivity index (χ0v) is 16.5. The first kappa shape index (κ1) is 19.7. The Balaban J connectivity index is 2.22. The van der Waals surface area contributed by atoms with Gasteiger partial charge in [-0.1, -0.05) is 36.4 Å². The van der Waals surface area contributed by atoms with Gasteiger partial charge >= 0.3 is 5.97 Å². The lowest BCUT2D eigenvalue weighted by molar-refractivity contribution is -0.139. The molecule has 1 aliphatic rings. The molecule has 3 rings (SSSR count). The van der Waals surface area contributed by atoms with Crippen LogP contribution in [0.5, 0.6) is 5.75 Å². The van der Waals surface area contributed by atoms with Crippen molar-refractivity contribution in [1.82, 2.24) is 5.32 Å². The number of carbonyl (C=O) groups is 1. The second-order valence-electron chi connectivity index (χ2n) is 5.98. The number of nitrogens with one attached hydrogen (secondary N) is 1. The summed E-state index contributed by atoms with van der Waals surface area (Å²) < 4.78 is 11.2. The van der Waals surface area contributed by atoms with Crippen molar-refractivity contribution >= 4 is 29.0 Å². The average molecular weight is 398 g/mol. The molecule has 0 amide bonds. The van der Waals surface area contributed by atoms with Gasteiger partial charge in [0.1, 0.15) is 11.3 Å². The molecule has 0 aromatic heterocycles. The van der Waals surface area contributed by atoms with Crippen LogP contribution < -0.4 is 10.2 Å². The fourth-order valence-electron chi connectivity index (χ4n) is 3.07. The highest BCUT2D eigenvalue weighted by atomic mass is 32.1. The summed E-state index contributed by atoms with van der Waals surface area (Å²) in [5.74, 6) is -0.187. The summed E-state index contributed by atoms with van der Waals surface area (Å²) in [5.41, 5.74) is 1.52. The molecule has 0 saturated carbocycles. The summed E-state index contributed by atoms with van der Waals surface area (Å²) in [6.45, 7) is 4.12. The molecule has 7 heteroatoms. The van der Waals surface area contributed by atoms with E-state index in [9.17, 15) is 9.90 Å². The second-order valence-corrected chi connectivity index (χ2v) is 6.37. The zero-order chi connectivity index (χ0) is 20.1. The van der Waals surface area contributed by atoms with Gasteiger partial charge < -0.3 is 19.9 Å². The Bertz CT molecular complexity index is 898. The Hall–Kier alpha value is -3.06. The molecule has 0 saturated heterocycles. The maximum Gasteiger partial charge on any atom is 0.341 e. The molecular weight excluding hydrogens is 376 g/mol. The standard InChI is InChI=1S/C21H22N2O4S/c1-3-26-19-17(20(25)27-4-2)18(15-12-8-9-13-16(15)24)22-21(28)23(19)14-10-6-5-7-11-14/h5-13,18,24H,3-4H2,1-2H3,(H,22,28). The van der Waals surface area contributed by atoms with Crippen molar-refractivity contribution in [1.29, 1.82) is 0 Å². The molecule has 1 atom stereocenters. The Morgan fingerprint density at radius 3 is 2.43 bits per heavy atom. The van der Waals surface area contributed by atoms with Crippen LogP contribution in [0.15, 0.2) is 66.1 Å². The van der Waals surface area contributed by atoms with Crippen LogP contribution in [0, 0.1) is 0 Å². The lowest BCUT2D eigenvalue weighted by Gasteiger charge is -2.37. The third-order valence-electron chi connectivity index (χ3n) is 4.23. The highest BCUT2D eigenvalue weighted by molar-refractivity contribution is 7.80. The van der Waals surface area contributed by atoms with E-state index in [-0.39, 0.29) is 17.9 Å². The van der Waals surface area contributed by atoms with Crippen LogP contribution in [0.25, 0.3) is 0 Å². The Labute approximate surface area is 169 Å². The van der Waals surface area contributed by atoms with E-state index in [0.717, 1.165) is 5.69 Å². The molecule has 0 radical (unpaired) electrons. The Morgan fingerprint density at radius 2 is 1.79 bits per heavy atom. The van der Waals surface area contributed by atoms with Crippen LogP contribution >= 0.6 is 12.2 Å². The summed E-state index contributed by atoms with van der Waals surface area (Å²) >= 11 is 5.59. The number of benzene rings is 2. The summed E-state index contributed by atoms with van der Waals surface area (Å²) in [4.78, 5) is 14.6. The summed E-state index contributed by atoms with van der Waals surface area (Å²) in [6, 6.07) is 15.5. The molecule has 146 valence electrons. The van der Waals surface area contributed by atoms with E-state index in [1.54, 1.807) is 36.1 Å². The van der Waals surface area contributed by atoms with E-state index in [1.165, 1.54) is 0 Å². The minimum absolute atomic E-state index is 0.0496. The van der Waals surface area contributed by atoms with E-state index in [2.05, 4.69) is 5.32 Å². The first-order valence-electron chi connectivity index (χ1n) is 9.06. The molecule has 1 aliphatic heterocycles. The molecule has 2 N–H and O–H groups in total. The quantitative estimate of drug-likeness (QED) is 0.569. The molecule has 1 heterocycles. The molecule has 1 unspecified atom stereocenters. The van der Waals surface area contributed by atoms with Crippen molar-refractivity contribution in [2.75, 3.05) is 18.1 Å². The lowest BCUT2D eigenvalue weighted by atomic mass is 9.96. The number of phenolic OH excluding ortho intramolecular Hbond substituents is 1. The van der Waals surface area contributed by atoms with Crippen LogP contribution in [-0.2, 0) is 14.3 Å². The first-order valence-corrected chi connectivity index (χ1v) is 9.46. The molecule has 6 nitrogen and oxygen atoms in total. The van der Waals surface area contributed by atoms with Gasteiger partial charge in [-0.25, -0.2) is 4.79 Å². The number of ether oxygens (including phenoxy) is 2. The highest BCUT2D eigenvalue weighted by Crippen LogP contribution is 2.37. The molecule has 0 spiro atoms. The average Bonchev–Trinajstić information content (AvgIpc) is 2.69. The maximum absolute atomic E-state index is 12.9. The van der Waals surface area contributed by atoms with Gasteiger partial charge in [-0.3, -0.25) is 4.90 Å². The SMILES string of the molecule is CCOC(=O)C1=C(OCC)N(c2ccccc2)C(=S)NC1c1ccccc1O. The zero-order valence-electron chi connectivity index (χ0n) is 15.7. The Morgan fingerprint density at radius 1 is 1.11 bits per heavy atom. The molecule has 0 bridgehead atoms. The summed E-state index contributed by atoms with van der Waals surface area (Å²) in [5, 5.41) is 13.9. The van der Waals surface area contributed by atoms with Crippen molar-refractivity contribution in [3.05, 3.63) is 71.6 Å². The van der Waals surface area contributed by atoms with Crippen LogP contribution in [0.4, 0.5) is 5.69 Å². The minimum atomic E-state index is -0.700. The molecular formula is C21H22N2O4S. The van der Waals surface area contributed by atoms with Gasteiger partial charge in [0.25, 0.3) is 0 Å². The van der Waals surface area contributed by atoms with Gasteiger partial charge in [-0.15, -0.1) is 0 Å². The normalized spacial score (nSPS) is 16.6.